The van der Waals surface area contributed by atoms with E-state index in [0.29, 0.717) is 45.2 Å². The van der Waals surface area contributed by atoms with Crippen LogP contribution in [0.15, 0.2) is 12.2 Å². The lowest BCUT2D eigenvalue weighted by atomic mass is 10.4. The van der Waals surface area contributed by atoms with Crippen LogP contribution < -0.4 is 0 Å². The van der Waals surface area contributed by atoms with E-state index in [0.717, 1.165) is 0 Å². The summed E-state index contributed by atoms with van der Waals surface area (Å²) < 4.78 is 31.0. The van der Waals surface area contributed by atoms with Gasteiger partial charge in [-0.3, -0.25) is 0 Å². The monoisotopic (exact) mass is 320 g/mol. The highest BCUT2D eigenvalue weighted by Crippen LogP contribution is 1.96. The highest BCUT2D eigenvalue weighted by atomic mass is 16.7. The molecule has 0 spiro atoms. The summed E-state index contributed by atoms with van der Waals surface area (Å²) >= 11 is 0. The molecular formula is C15H28O7. The fraction of sp³-hybridized carbons (Fsp3) is 0.800. The Hall–Kier alpha value is -0.990. The third-order valence-corrected chi connectivity index (χ3v) is 2.40. The maximum atomic E-state index is 11.1. The average molecular weight is 320 g/mol. The molecule has 0 saturated carbocycles. The van der Waals surface area contributed by atoms with Crippen molar-refractivity contribution < 1.29 is 33.2 Å². The van der Waals surface area contributed by atoms with Crippen molar-refractivity contribution in [3.63, 3.8) is 0 Å². The third-order valence-electron chi connectivity index (χ3n) is 2.40. The second-order valence-electron chi connectivity index (χ2n) is 4.44. The Balaban J connectivity index is 3.27. The van der Waals surface area contributed by atoms with Gasteiger partial charge in [0.1, 0.15) is 6.61 Å². The van der Waals surface area contributed by atoms with Gasteiger partial charge in [0.2, 0.25) is 0 Å². The normalized spacial score (nSPS) is 12.1. The highest BCUT2D eigenvalue weighted by Gasteiger charge is 2.05. The zero-order valence-corrected chi connectivity index (χ0v) is 13.8. The molecule has 0 N–H and O–H groups in total. The fourth-order valence-electron chi connectivity index (χ4n) is 1.26. The molecule has 7 heteroatoms. The van der Waals surface area contributed by atoms with E-state index in [2.05, 4.69) is 6.58 Å². The van der Waals surface area contributed by atoms with Crippen molar-refractivity contribution in [1.29, 1.82) is 0 Å². The Bertz CT molecular complexity index is 294. The zero-order valence-electron chi connectivity index (χ0n) is 13.8. The van der Waals surface area contributed by atoms with Gasteiger partial charge in [-0.2, -0.15) is 0 Å². The molecule has 0 aromatic carbocycles. The number of ether oxygens (including phenoxy) is 6. The van der Waals surface area contributed by atoms with Crippen LogP contribution in [0.2, 0.25) is 0 Å². The molecule has 0 aliphatic heterocycles. The van der Waals surface area contributed by atoms with E-state index in [4.69, 9.17) is 28.4 Å². The van der Waals surface area contributed by atoms with Crippen LogP contribution in [0.5, 0.6) is 0 Å². The molecule has 130 valence electrons. The van der Waals surface area contributed by atoms with Crippen molar-refractivity contribution >= 4 is 5.97 Å². The minimum atomic E-state index is -0.418. The van der Waals surface area contributed by atoms with Gasteiger partial charge in [0.05, 0.1) is 46.2 Å². The molecule has 1 unspecified atom stereocenters. The van der Waals surface area contributed by atoms with Crippen molar-refractivity contribution in [2.24, 2.45) is 0 Å². The number of esters is 1. The van der Waals surface area contributed by atoms with Gasteiger partial charge < -0.3 is 28.4 Å². The summed E-state index contributed by atoms with van der Waals surface area (Å²) in [5.41, 5.74) is 0.368. The number of carbonyl (C=O) groups excluding carboxylic acids is 1. The fourth-order valence-corrected chi connectivity index (χ4v) is 1.26. The lowest BCUT2D eigenvalue weighted by Gasteiger charge is -2.14. The summed E-state index contributed by atoms with van der Waals surface area (Å²) in [4.78, 5) is 11.1. The molecular weight excluding hydrogens is 292 g/mol. The van der Waals surface area contributed by atoms with E-state index < -0.39 is 5.97 Å². The smallest absolute Gasteiger partial charge is 0.333 e. The van der Waals surface area contributed by atoms with E-state index in [1.807, 2.05) is 0 Å². The van der Waals surface area contributed by atoms with E-state index in [9.17, 15) is 4.79 Å². The Labute approximate surface area is 132 Å². The van der Waals surface area contributed by atoms with Gasteiger partial charge in [0, 0.05) is 12.7 Å². The van der Waals surface area contributed by atoms with Gasteiger partial charge in [-0.25, -0.2) is 4.79 Å². The van der Waals surface area contributed by atoms with E-state index >= 15 is 0 Å². The third kappa shape index (κ3) is 14.0. The van der Waals surface area contributed by atoms with E-state index in [1.165, 1.54) is 0 Å². The number of hydrogen-bond acceptors (Lipinski definition) is 7. The van der Waals surface area contributed by atoms with Crippen LogP contribution in [0.3, 0.4) is 0 Å². The minimum Gasteiger partial charge on any atom is -0.460 e. The predicted molar refractivity (Wildman–Crippen MR) is 80.7 cm³/mol. The molecule has 0 aromatic heterocycles. The average Bonchev–Trinajstić information content (AvgIpc) is 2.49. The second kappa shape index (κ2) is 14.9. The number of carbonyl (C=O) groups is 1. The van der Waals surface area contributed by atoms with Crippen molar-refractivity contribution in [2.45, 2.75) is 20.1 Å². The topological polar surface area (TPSA) is 72.5 Å². The van der Waals surface area contributed by atoms with E-state index in [-0.39, 0.29) is 19.5 Å². The van der Waals surface area contributed by atoms with Crippen LogP contribution in [-0.4, -0.2) is 72.2 Å². The largest absolute Gasteiger partial charge is 0.460 e. The molecule has 0 amide bonds. The minimum absolute atomic E-state index is 0.175. The van der Waals surface area contributed by atoms with Gasteiger partial charge in [0.25, 0.3) is 0 Å². The van der Waals surface area contributed by atoms with Crippen LogP contribution in [0.25, 0.3) is 0 Å². The lowest BCUT2D eigenvalue weighted by molar-refractivity contribution is -0.157. The number of rotatable bonds is 15. The molecule has 0 fully saturated rings. The van der Waals surface area contributed by atoms with Gasteiger partial charge in [-0.15, -0.1) is 0 Å². The maximum Gasteiger partial charge on any atom is 0.333 e. The summed E-state index contributed by atoms with van der Waals surface area (Å²) in [7, 11) is 1.63. The summed E-state index contributed by atoms with van der Waals surface area (Å²) in [6.07, 6.45) is -0.384. The SMILES string of the molecule is C=C(C)C(=O)OCCOC(C)OCCOCCOCCOC. The molecule has 0 radical (unpaired) electrons. The lowest BCUT2D eigenvalue weighted by Crippen LogP contribution is -2.20. The molecule has 0 aliphatic carbocycles. The molecule has 0 heterocycles. The van der Waals surface area contributed by atoms with Crippen molar-refractivity contribution in [3.05, 3.63) is 12.2 Å². The molecule has 22 heavy (non-hydrogen) atoms. The first-order chi connectivity index (χ1) is 10.6. The number of methoxy groups -OCH3 is 1. The molecule has 0 rings (SSSR count). The summed E-state index contributed by atoms with van der Waals surface area (Å²) in [5.74, 6) is -0.418. The molecule has 7 nitrogen and oxygen atoms in total. The maximum absolute atomic E-state index is 11.1. The molecule has 0 bridgehead atoms. The van der Waals surface area contributed by atoms with Crippen LogP contribution >= 0.6 is 0 Å². The van der Waals surface area contributed by atoms with Crippen molar-refractivity contribution in [3.8, 4) is 0 Å². The summed E-state index contributed by atoms with van der Waals surface area (Å²) in [6, 6.07) is 0. The van der Waals surface area contributed by atoms with E-state index in [1.54, 1.807) is 21.0 Å². The van der Waals surface area contributed by atoms with Gasteiger partial charge >= 0.3 is 5.97 Å². The van der Waals surface area contributed by atoms with Gasteiger partial charge in [0.15, 0.2) is 6.29 Å². The van der Waals surface area contributed by atoms with Gasteiger partial charge in [-0.05, 0) is 13.8 Å². The molecule has 1 atom stereocenters. The second-order valence-corrected chi connectivity index (χ2v) is 4.44. The Kier molecular flexibility index (Phi) is 14.3. The highest BCUT2D eigenvalue weighted by molar-refractivity contribution is 5.86. The van der Waals surface area contributed by atoms with Crippen LogP contribution in [0, 0.1) is 0 Å². The zero-order chi connectivity index (χ0) is 16.6. The number of hydrogen-bond donors (Lipinski definition) is 0. The molecule has 0 aromatic rings. The quantitative estimate of drug-likeness (QED) is 0.194. The summed E-state index contributed by atoms with van der Waals surface area (Å²) in [6.45, 7) is 10.4. The summed E-state index contributed by atoms with van der Waals surface area (Å²) in [5, 5.41) is 0. The van der Waals surface area contributed by atoms with Gasteiger partial charge in [-0.1, -0.05) is 6.58 Å². The first kappa shape index (κ1) is 21.0. The van der Waals surface area contributed by atoms with Crippen LogP contribution in [0.1, 0.15) is 13.8 Å². The predicted octanol–water partition coefficient (Wildman–Crippen LogP) is 1.16. The Morgan fingerprint density at radius 3 is 1.95 bits per heavy atom. The Morgan fingerprint density at radius 2 is 1.41 bits per heavy atom. The van der Waals surface area contributed by atoms with Crippen molar-refractivity contribution in [1.82, 2.24) is 0 Å². The molecule has 0 aliphatic rings. The van der Waals surface area contributed by atoms with Crippen LogP contribution in [-0.2, 0) is 33.2 Å². The standard InChI is InChI=1S/C15H28O7/c1-13(2)15(16)22-12-11-21-14(3)20-10-9-19-8-7-18-6-5-17-4/h14H,1,5-12H2,2-4H3. The van der Waals surface area contributed by atoms with Crippen LogP contribution in [0.4, 0.5) is 0 Å². The first-order valence-electron chi connectivity index (χ1n) is 7.28. The first-order valence-corrected chi connectivity index (χ1v) is 7.28. The molecule has 0 saturated heterocycles. The Morgan fingerprint density at radius 1 is 0.909 bits per heavy atom. The van der Waals surface area contributed by atoms with Crippen molar-refractivity contribution in [2.75, 3.05) is 60.0 Å².